The van der Waals surface area contributed by atoms with Crippen LogP contribution in [0.5, 0.6) is 0 Å². The third-order valence-corrected chi connectivity index (χ3v) is 6.52. The Labute approximate surface area is 203 Å². The highest BCUT2D eigenvalue weighted by Crippen LogP contribution is 2.26. The van der Waals surface area contributed by atoms with Crippen molar-refractivity contribution in [3.8, 4) is 5.69 Å². The van der Waals surface area contributed by atoms with Crippen molar-refractivity contribution in [3.63, 3.8) is 0 Å². The molecule has 1 fully saturated rings. The van der Waals surface area contributed by atoms with Gasteiger partial charge in [-0.25, -0.2) is 4.68 Å². The van der Waals surface area contributed by atoms with Gasteiger partial charge in [-0.2, -0.15) is 5.10 Å². The Kier molecular flexibility index (Phi) is 7.05. The number of benzene rings is 2. The molecule has 1 aliphatic carbocycles. The van der Waals surface area contributed by atoms with Crippen LogP contribution in [0.3, 0.4) is 0 Å². The lowest BCUT2D eigenvalue weighted by Gasteiger charge is -2.19. The Morgan fingerprint density at radius 2 is 1.82 bits per heavy atom. The van der Waals surface area contributed by atoms with E-state index in [0.29, 0.717) is 16.5 Å². The van der Waals surface area contributed by atoms with E-state index in [2.05, 4.69) is 15.7 Å². The SMILES string of the molecule is Cc1nn(-c2ccc(Cl)c(Cl)c2)c(C)c1CC(=O)NC(Cc1ccccc1)C(=O)NC1CC1. The number of carbonyl (C=O) groups is 2. The molecule has 4 rings (SSSR count). The number of amides is 2. The Morgan fingerprint density at radius 3 is 2.48 bits per heavy atom. The molecule has 1 aliphatic rings. The van der Waals surface area contributed by atoms with Gasteiger partial charge in [0.1, 0.15) is 6.04 Å². The van der Waals surface area contributed by atoms with Crippen LogP contribution >= 0.6 is 23.2 Å². The predicted octanol–water partition coefficient (Wildman–Crippen LogP) is 4.34. The summed E-state index contributed by atoms with van der Waals surface area (Å²) in [7, 11) is 0. The molecular formula is C25H26Cl2N4O2. The first-order valence-electron chi connectivity index (χ1n) is 11.0. The van der Waals surface area contributed by atoms with E-state index in [0.717, 1.165) is 41.0 Å². The molecule has 3 aromatic rings. The predicted molar refractivity (Wildman–Crippen MR) is 130 cm³/mol. The zero-order valence-electron chi connectivity index (χ0n) is 18.6. The summed E-state index contributed by atoms with van der Waals surface area (Å²) >= 11 is 12.2. The summed E-state index contributed by atoms with van der Waals surface area (Å²) in [6.45, 7) is 3.78. The second-order valence-corrected chi connectivity index (χ2v) is 9.24. The Balaban J connectivity index is 1.50. The van der Waals surface area contributed by atoms with Gasteiger partial charge in [0.15, 0.2) is 0 Å². The second-order valence-electron chi connectivity index (χ2n) is 8.43. The molecule has 172 valence electrons. The molecule has 0 saturated heterocycles. The van der Waals surface area contributed by atoms with E-state index in [1.54, 1.807) is 16.8 Å². The molecule has 8 heteroatoms. The van der Waals surface area contributed by atoms with Crippen LogP contribution in [0.15, 0.2) is 48.5 Å². The maximum Gasteiger partial charge on any atom is 0.243 e. The first-order valence-corrected chi connectivity index (χ1v) is 11.7. The fourth-order valence-corrected chi connectivity index (χ4v) is 4.09. The summed E-state index contributed by atoms with van der Waals surface area (Å²) in [4.78, 5) is 25.8. The van der Waals surface area contributed by atoms with Gasteiger partial charge in [-0.3, -0.25) is 9.59 Å². The molecular weight excluding hydrogens is 459 g/mol. The van der Waals surface area contributed by atoms with Gasteiger partial charge in [0, 0.05) is 23.7 Å². The van der Waals surface area contributed by atoms with Crippen molar-refractivity contribution >= 4 is 35.0 Å². The van der Waals surface area contributed by atoms with E-state index in [1.807, 2.05) is 50.2 Å². The van der Waals surface area contributed by atoms with Crippen molar-refractivity contribution in [2.75, 3.05) is 0 Å². The van der Waals surface area contributed by atoms with E-state index < -0.39 is 6.04 Å². The first kappa shape index (κ1) is 23.3. The number of rotatable bonds is 8. The smallest absolute Gasteiger partial charge is 0.243 e. The van der Waals surface area contributed by atoms with E-state index in [9.17, 15) is 9.59 Å². The van der Waals surface area contributed by atoms with Crippen LogP contribution in [0.2, 0.25) is 10.0 Å². The lowest BCUT2D eigenvalue weighted by Crippen LogP contribution is -2.49. The highest BCUT2D eigenvalue weighted by molar-refractivity contribution is 6.42. The molecule has 0 spiro atoms. The molecule has 2 aromatic carbocycles. The van der Waals surface area contributed by atoms with Gasteiger partial charge in [0.25, 0.3) is 0 Å². The molecule has 33 heavy (non-hydrogen) atoms. The molecule has 2 amide bonds. The zero-order chi connectivity index (χ0) is 23.5. The van der Waals surface area contributed by atoms with Crippen LogP contribution in [0.25, 0.3) is 5.69 Å². The average Bonchev–Trinajstić information content (AvgIpc) is 3.56. The monoisotopic (exact) mass is 484 g/mol. The molecule has 1 saturated carbocycles. The lowest BCUT2D eigenvalue weighted by molar-refractivity contribution is -0.128. The topological polar surface area (TPSA) is 76.0 Å². The van der Waals surface area contributed by atoms with Crippen LogP contribution in [0.1, 0.15) is 35.4 Å². The number of hydrogen-bond acceptors (Lipinski definition) is 3. The zero-order valence-corrected chi connectivity index (χ0v) is 20.1. The van der Waals surface area contributed by atoms with Gasteiger partial charge in [0.2, 0.25) is 11.8 Å². The maximum atomic E-state index is 13.0. The molecule has 0 aliphatic heterocycles. The van der Waals surface area contributed by atoms with Crippen molar-refractivity contribution in [3.05, 3.63) is 81.1 Å². The molecule has 0 radical (unpaired) electrons. The number of aryl methyl sites for hydroxylation is 1. The van der Waals surface area contributed by atoms with Crippen molar-refractivity contribution < 1.29 is 9.59 Å². The normalized spacial score (nSPS) is 14.1. The van der Waals surface area contributed by atoms with E-state index in [1.165, 1.54) is 0 Å². The van der Waals surface area contributed by atoms with Crippen LogP contribution in [0, 0.1) is 13.8 Å². The van der Waals surface area contributed by atoms with Crippen molar-refractivity contribution in [2.45, 2.75) is 51.6 Å². The number of nitrogens with one attached hydrogen (secondary N) is 2. The summed E-state index contributed by atoms with van der Waals surface area (Å²) in [5, 5.41) is 11.4. The van der Waals surface area contributed by atoms with Crippen molar-refractivity contribution in [1.82, 2.24) is 20.4 Å². The van der Waals surface area contributed by atoms with Gasteiger partial charge in [0.05, 0.1) is 27.8 Å². The minimum Gasteiger partial charge on any atom is -0.352 e. The molecule has 2 N–H and O–H groups in total. The molecule has 1 heterocycles. The summed E-state index contributed by atoms with van der Waals surface area (Å²) in [6.07, 6.45) is 2.54. The highest BCUT2D eigenvalue weighted by atomic mass is 35.5. The Bertz CT molecular complexity index is 1170. The van der Waals surface area contributed by atoms with E-state index in [-0.39, 0.29) is 24.3 Å². The molecule has 1 atom stereocenters. The van der Waals surface area contributed by atoms with Crippen molar-refractivity contribution in [2.24, 2.45) is 0 Å². The average molecular weight is 485 g/mol. The van der Waals surface area contributed by atoms with Gasteiger partial charge >= 0.3 is 0 Å². The lowest BCUT2D eigenvalue weighted by atomic mass is 10.0. The summed E-state index contributed by atoms with van der Waals surface area (Å²) in [5.74, 6) is -0.364. The number of carbonyl (C=O) groups excluding carboxylic acids is 2. The minimum absolute atomic E-state index is 0.126. The maximum absolute atomic E-state index is 13.0. The molecule has 1 aromatic heterocycles. The van der Waals surface area contributed by atoms with Gasteiger partial charge in [-0.1, -0.05) is 53.5 Å². The summed E-state index contributed by atoms with van der Waals surface area (Å²) in [6, 6.07) is 14.6. The second kappa shape index (κ2) is 9.98. The Hall–Kier alpha value is -2.83. The molecule has 1 unspecified atom stereocenters. The summed E-state index contributed by atoms with van der Waals surface area (Å²) < 4.78 is 1.75. The van der Waals surface area contributed by atoms with Crippen LogP contribution in [0.4, 0.5) is 0 Å². The van der Waals surface area contributed by atoms with Crippen molar-refractivity contribution in [1.29, 1.82) is 0 Å². The van der Waals surface area contributed by atoms with E-state index in [4.69, 9.17) is 23.2 Å². The van der Waals surface area contributed by atoms with Crippen LogP contribution in [-0.4, -0.2) is 33.7 Å². The molecule has 6 nitrogen and oxygen atoms in total. The fourth-order valence-electron chi connectivity index (χ4n) is 3.79. The number of hydrogen-bond donors (Lipinski definition) is 2. The Morgan fingerprint density at radius 1 is 1.09 bits per heavy atom. The highest BCUT2D eigenvalue weighted by Gasteiger charge is 2.29. The minimum atomic E-state index is -0.633. The largest absolute Gasteiger partial charge is 0.352 e. The van der Waals surface area contributed by atoms with Gasteiger partial charge in [-0.15, -0.1) is 0 Å². The van der Waals surface area contributed by atoms with Crippen LogP contribution < -0.4 is 10.6 Å². The third kappa shape index (κ3) is 5.75. The number of halogens is 2. The standard InChI is InChI=1S/C25H26Cl2N4O2/c1-15-20(16(2)31(30-15)19-10-11-21(26)22(27)13-19)14-24(32)29-23(25(33)28-18-8-9-18)12-17-6-4-3-5-7-17/h3-7,10-11,13,18,23H,8-9,12,14H2,1-2H3,(H,28,33)(H,29,32). The fraction of sp³-hybridized carbons (Fsp3) is 0.320. The van der Waals surface area contributed by atoms with Gasteiger partial charge < -0.3 is 10.6 Å². The summed E-state index contributed by atoms with van der Waals surface area (Å²) in [5.41, 5.74) is 4.16. The quantitative estimate of drug-likeness (QED) is 0.499. The third-order valence-electron chi connectivity index (χ3n) is 5.78. The van der Waals surface area contributed by atoms with E-state index >= 15 is 0 Å². The number of aromatic nitrogens is 2. The number of nitrogens with zero attached hydrogens (tertiary/aromatic N) is 2. The first-order chi connectivity index (χ1) is 15.8. The van der Waals surface area contributed by atoms with Crippen LogP contribution in [-0.2, 0) is 22.4 Å². The molecule has 0 bridgehead atoms. The van der Waals surface area contributed by atoms with Gasteiger partial charge in [-0.05, 0) is 50.5 Å².